The van der Waals surface area contributed by atoms with Crippen molar-refractivity contribution in [3.05, 3.63) is 59.7 Å². The Kier molecular flexibility index (Phi) is 6.43. The predicted octanol–water partition coefficient (Wildman–Crippen LogP) is 3.46. The number of hydrogen-bond donors (Lipinski definition) is 1. The Labute approximate surface area is 178 Å². The minimum Gasteiger partial charge on any atom is -0.493 e. The molecule has 1 atom stereocenters. The molecule has 30 heavy (non-hydrogen) atoms. The van der Waals surface area contributed by atoms with Crippen LogP contribution in [-0.4, -0.2) is 51.3 Å². The van der Waals surface area contributed by atoms with Gasteiger partial charge in [0, 0.05) is 38.7 Å². The summed E-state index contributed by atoms with van der Waals surface area (Å²) in [5.74, 6) is 2.43. The van der Waals surface area contributed by atoms with Crippen molar-refractivity contribution in [3.63, 3.8) is 0 Å². The Balaban J connectivity index is 1.35. The minimum atomic E-state index is 0.318. The third-order valence-corrected chi connectivity index (χ3v) is 6.05. The molecular formula is C24H31N3O3. The van der Waals surface area contributed by atoms with Gasteiger partial charge in [-0.1, -0.05) is 36.4 Å². The molecule has 0 radical (unpaired) electrons. The highest BCUT2D eigenvalue weighted by atomic mass is 16.5. The molecule has 6 nitrogen and oxygen atoms in total. The number of methoxy groups -OCH3 is 1. The van der Waals surface area contributed by atoms with Crippen LogP contribution in [0.3, 0.4) is 0 Å². The quantitative estimate of drug-likeness (QED) is 0.585. The van der Waals surface area contributed by atoms with E-state index in [1.165, 1.54) is 6.42 Å². The van der Waals surface area contributed by atoms with Gasteiger partial charge in [0.05, 0.1) is 13.7 Å². The van der Waals surface area contributed by atoms with Crippen LogP contribution in [0.1, 0.15) is 24.0 Å². The first-order valence-electron chi connectivity index (χ1n) is 10.6. The molecule has 6 heteroatoms. The van der Waals surface area contributed by atoms with Crippen LogP contribution in [0.25, 0.3) is 0 Å². The van der Waals surface area contributed by atoms with Gasteiger partial charge in [0.2, 0.25) is 0 Å². The highest BCUT2D eigenvalue weighted by Gasteiger charge is 2.42. The zero-order valence-electron chi connectivity index (χ0n) is 17.9. The number of nitrogens with one attached hydrogen (secondary N) is 1. The zero-order valence-corrected chi connectivity index (χ0v) is 17.9. The minimum absolute atomic E-state index is 0.318. The first-order chi connectivity index (χ1) is 14.7. The molecule has 2 aliphatic heterocycles. The predicted molar refractivity (Wildman–Crippen MR) is 118 cm³/mol. The molecule has 0 aromatic heterocycles. The normalized spacial score (nSPS) is 21.3. The average Bonchev–Trinajstić information content (AvgIpc) is 3.43. The van der Waals surface area contributed by atoms with E-state index in [2.05, 4.69) is 33.4 Å². The van der Waals surface area contributed by atoms with Gasteiger partial charge < -0.3 is 24.4 Å². The van der Waals surface area contributed by atoms with Crippen molar-refractivity contribution >= 4 is 5.96 Å². The Bertz CT molecular complexity index is 863. The second-order valence-corrected chi connectivity index (χ2v) is 8.13. The van der Waals surface area contributed by atoms with Crippen LogP contribution in [-0.2, 0) is 17.9 Å². The molecule has 2 saturated heterocycles. The Morgan fingerprint density at radius 2 is 2.00 bits per heavy atom. The van der Waals surface area contributed by atoms with Crippen LogP contribution in [0.5, 0.6) is 11.5 Å². The van der Waals surface area contributed by atoms with Crippen LogP contribution in [0.15, 0.2) is 53.5 Å². The molecule has 0 bridgehead atoms. The summed E-state index contributed by atoms with van der Waals surface area (Å²) < 4.78 is 17.2. The molecule has 4 rings (SSSR count). The van der Waals surface area contributed by atoms with E-state index >= 15 is 0 Å². The van der Waals surface area contributed by atoms with Gasteiger partial charge in [-0.15, -0.1) is 0 Å². The second kappa shape index (κ2) is 9.39. The molecule has 2 aromatic rings. The number of guanidine groups is 1. The lowest BCUT2D eigenvalue weighted by Gasteiger charge is -2.25. The van der Waals surface area contributed by atoms with Crippen molar-refractivity contribution in [2.75, 3.05) is 40.5 Å². The first kappa shape index (κ1) is 20.5. The van der Waals surface area contributed by atoms with Gasteiger partial charge >= 0.3 is 0 Å². The van der Waals surface area contributed by atoms with Crippen molar-refractivity contribution in [1.82, 2.24) is 10.2 Å². The molecule has 160 valence electrons. The van der Waals surface area contributed by atoms with Crippen LogP contribution in [0, 0.1) is 5.41 Å². The van der Waals surface area contributed by atoms with Gasteiger partial charge in [-0.3, -0.25) is 4.99 Å². The number of rotatable bonds is 6. The summed E-state index contributed by atoms with van der Waals surface area (Å²) in [7, 11) is 3.52. The number of aliphatic imine (C=N–C) groups is 1. The topological polar surface area (TPSA) is 55.3 Å². The fraction of sp³-hybridized carbons (Fsp3) is 0.458. The van der Waals surface area contributed by atoms with E-state index in [1.54, 1.807) is 7.11 Å². The van der Waals surface area contributed by atoms with E-state index in [1.807, 2.05) is 37.4 Å². The lowest BCUT2D eigenvalue weighted by molar-refractivity contribution is 0.156. The van der Waals surface area contributed by atoms with Crippen molar-refractivity contribution in [2.24, 2.45) is 10.4 Å². The van der Waals surface area contributed by atoms with Crippen molar-refractivity contribution in [2.45, 2.75) is 26.0 Å². The fourth-order valence-electron chi connectivity index (χ4n) is 4.28. The number of hydrogen-bond acceptors (Lipinski definition) is 4. The maximum absolute atomic E-state index is 5.96. The van der Waals surface area contributed by atoms with Gasteiger partial charge in [-0.05, 0) is 36.1 Å². The fourth-order valence-corrected chi connectivity index (χ4v) is 4.28. The SMILES string of the molecule is CN=C(NCc1ccc(OCc2ccccc2)c(OC)c1)N1CCC2(CCOC2)C1. The van der Waals surface area contributed by atoms with Gasteiger partial charge in [0.25, 0.3) is 0 Å². The van der Waals surface area contributed by atoms with Crippen molar-refractivity contribution in [3.8, 4) is 11.5 Å². The summed E-state index contributed by atoms with van der Waals surface area (Å²) in [6, 6.07) is 16.2. The summed E-state index contributed by atoms with van der Waals surface area (Å²) in [5, 5.41) is 3.50. The van der Waals surface area contributed by atoms with Gasteiger partial charge in [0.15, 0.2) is 17.5 Å². The summed E-state index contributed by atoms with van der Waals surface area (Å²) in [6.45, 7) is 5.01. The van der Waals surface area contributed by atoms with Crippen molar-refractivity contribution in [1.29, 1.82) is 0 Å². The summed E-state index contributed by atoms with van der Waals surface area (Å²) in [5.41, 5.74) is 2.57. The monoisotopic (exact) mass is 409 g/mol. The van der Waals surface area contributed by atoms with E-state index < -0.39 is 0 Å². The van der Waals surface area contributed by atoms with E-state index in [0.717, 1.165) is 61.3 Å². The lowest BCUT2D eigenvalue weighted by Crippen LogP contribution is -2.41. The Morgan fingerprint density at radius 1 is 1.13 bits per heavy atom. The third kappa shape index (κ3) is 4.70. The molecular weight excluding hydrogens is 378 g/mol. The zero-order chi connectivity index (χ0) is 20.8. The highest BCUT2D eigenvalue weighted by Crippen LogP contribution is 2.38. The van der Waals surface area contributed by atoms with Gasteiger partial charge in [-0.25, -0.2) is 0 Å². The molecule has 1 spiro atoms. The van der Waals surface area contributed by atoms with Crippen LogP contribution < -0.4 is 14.8 Å². The van der Waals surface area contributed by atoms with Gasteiger partial charge in [0.1, 0.15) is 6.61 Å². The number of benzene rings is 2. The number of likely N-dealkylation sites (tertiary alicyclic amines) is 1. The Morgan fingerprint density at radius 3 is 2.73 bits per heavy atom. The molecule has 0 aliphatic carbocycles. The lowest BCUT2D eigenvalue weighted by atomic mass is 9.87. The standard InChI is InChI=1S/C24H31N3O3/c1-25-23(27-12-10-24(17-27)11-13-29-18-24)26-15-20-8-9-21(22(14-20)28-2)30-16-19-6-4-3-5-7-19/h3-9,14H,10-13,15-18H2,1-2H3,(H,25,26). The van der Waals surface area contributed by atoms with Crippen LogP contribution >= 0.6 is 0 Å². The summed E-state index contributed by atoms with van der Waals surface area (Å²) in [4.78, 5) is 6.85. The van der Waals surface area contributed by atoms with Crippen molar-refractivity contribution < 1.29 is 14.2 Å². The largest absolute Gasteiger partial charge is 0.493 e. The van der Waals surface area contributed by atoms with Gasteiger partial charge in [-0.2, -0.15) is 0 Å². The first-order valence-corrected chi connectivity index (χ1v) is 10.6. The highest BCUT2D eigenvalue weighted by molar-refractivity contribution is 5.80. The molecule has 0 amide bonds. The second-order valence-electron chi connectivity index (χ2n) is 8.13. The average molecular weight is 410 g/mol. The molecule has 1 unspecified atom stereocenters. The number of nitrogens with zero attached hydrogens (tertiary/aromatic N) is 2. The van der Waals surface area contributed by atoms with E-state index in [0.29, 0.717) is 18.6 Å². The molecule has 1 N–H and O–H groups in total. The summed E-state index contributed by atoms with van der Waals surface area (Å²) in [6.07, 6.45) is 2.33. The van der Waals surface area contributed by atoms with E-state index in [4.69, 9.17) is 14.2 Å². The molecule has 2 heterocycles. The maximum atomic E-state index is 5.96. The smallest absolute Gasteiger partial charge is 0.193 e. The van der Waals surface area contributed by atoms with Crippen LogP contribution in [0.2, 0.25) is 0 Å². The summed E-state index contributed by atoms with van der Waals surface area (Å²) >= 11 is 0. The van der Waals surface area contributed by atoms with Crippen LogP contribution in [0.4, 0.5) is 0 Å². The molecule has 2 aliphatic rings. The van der Waals surface area contributed by atoms with E-state index in [9.17, 15) is 0 Å². The molecule has 2 aromatic carbocycles. The molecule has 0 saturated carbocycles. The Hall–Kier alpha value is -2.73. The maximum Gasteiger partial charge on any atom is 0.193 e. The van der Waals surface area contributed by atoms with E-state index in [-0.39, 0.29) is 0 Å². The third-order valence-electron chi connectivity index (χ3n) is 6.05. The molecule has 2 fully saturated rings. The number of ether oxygens (including phenoxy) is 3.